The Balaban J connectivity index is 2.39. The molecule has 0 saturated carbocycles. The molecule has 57 valence electrons. The van der Waals surface area contributed by atoms with Crippen molar-refractivity contribution in [2.75, 3.05) is 19.6 Å². The Labute approximate surface area is 61.4 Å². The molecule has 0 aliphatic carbocycles. The van der Waals surface area contributed by atoms with Crippen LogP contribution in [0.2, 0.25) is 0 Å². The van der Waals surface area contributed by atoms with Crippen LogP contribution in [0.15, 0.2) is 0 Å². The summed E-state index contributed by atoms with van der Waals surface area (Å²) in [6.45, 7) is 6.06. The van der Waals surface area contributed by atoms with Crippen LogP contribution in [0.1, 0.15) is 13.8 Å². The van der Waals surface area contributed by atoms with Crippen LogP contribution in [-0.4, -0.2) is 36.5 Å². The molecule has 1 atom stereocenters. The molecule has 1 aliphatic heterocycles. The van der Waals surface area contributed by atoms with Gasteiger partial charge in [-0.1, -0.05) is 0 Å². The van der Waals surface area contributed by atoms with Crippen LogP contribution in [0.5, 0.6) is 0 Å². The number of amides is 1. The van der Waals surface area contributed by atoms with Gasteiger partial charge in [0.05, 0.1) is 0 Å². The van der Waals surface area contributed by atoms with E-state index in [-0.39, 0.29) is 5.91 Å². The summed E-state index contributed by atoms with van der Waals surface area (Å²) in [5.74, 6) is 0.168. The van der Waals surface area contributed by atoms with Gasteiger partial charge in [0.2, 0.25) is 5.91 Å². The molecule has 1 aliphatic rings. The summed E-state index contributed by atoms with van der Waals surface area (Å²) in [4.78, 5) is 12.7. The molecule has 1 rings (SSSR count). The van der Waals surface area contributed by atoms with Crippen molar-refractivity contribution in [1.29, 1.82) is 0 Å². The summed E-state index contributed by atoms with van der Waals surface area (Å²) in [6, 6.07) is 0.331. The summed E-state index contributed by atoms with van der Waals surface area (Å²) in [7, 11) is 0. The minimum atomic E-state index is 0.168. The Morgan fingerprint density at radius 2 is 2.40 bits per heavy atom. The molecular formula is C7H13N2O. The molecule has 1 heterocycles. The van der Waals surface area contributed by atoms with Crippen molar-refractivity contribution in [2.45, 2.75) is 19.9 Å². The van der Waals surface area contributed by atoms with Crippen LogP contribution in [0.4, 0.5) is 0 Å². The van der Waals surface area contributed by atoms with Crippen LogP contribution in [-0.2, 0) is 4.79 Å². The summed E-state index contributed by atoms with van der Waals surface area (Å²) >= 11 is 0. The number of rotatable bonds is 0. The molecule has 0 bridgehead atoms. The van der Waals surface area contributed by atoms with Gasteiger partial charge in [0.15, 0.2) is 0 Å². The number of carbonyl (C=O) groups excluding carboxylic acids is 1. The van der Waals surface area contributed by atoms with E-state index in [4.69, 9.17) is 0 Å². The molecule has 1 unspecified atom stereocenters. The first-order valence-electron chi connectivity index (χ1n) is 3.62. The molecule has 0 N–H and O–H groups in total. The zero-order valence-electron chi connectivity index (χ0n) is 6.50. The van der Waals surface area contributed by atoms with Crippen LogP contribution in [0, 0.1) is 0 Å². The van der Waals surface area contributed by atoms with Crippen LogP contribution < -0.4 is 5.32 Å². The topological polar surface area (TPSA) is 34.4 Å². The zero-order chi connectivity index (χ0) is 7.56. The van der Waals surface area contributed by atoms with Gasteiger partial charge >= 0.3 is 0 Å². The number of piperazine rings is 1. The maximum absolute atomic E-state index is 10.8. The number of hydrogen-bond donors (Lipinski definition) is 0. The third-order valence-electron chi connectivity index (χ3n) is 1.74. The Morgan fingerprint density at radius 1 is 1.70 bits per heavy atom. The van der Waals surface area contributed by atoms with E-state index >= 15 is 0 Å². The molecular weight excluding hydrogens is 128 g/mol. The van der Waals surface area contributed by atoms with E-state index in [0.717, 1.165) is 19.6 Å². The molecule has 1 saturated heterocycles. The van der Waals surface area contributed by atoms with E-state index in [2.05, 4.69) is 5.32 Å². The Hall–Kier alpha value is -0.570. The van der Waals surface area contributed by atoms with Crippen LogP contribution in [0.25, 0.3) is 0 Å². The first-order valence-corrected chi connectivity index (χ1v) is 3.62. The van der Waals surface area contributed by atoms with Crippen molar-refractivity contribution in [1.82, 2.24) is 10.2 Å². The lowest BCUT2D eigenvalue weighted by atomic mass is 10.2. The van der Waals surface area contributed by atoms with Gasteiger partial charge in [-0.05, 0) is 6.92 Å². The van der Waals surface area contributed by atoms with E-state index in [1.165, 1.54) is 0 Å². The van der Waals surface area contributed by atoms with Crippen molar-refractivity contribution in [3.05, 3.63) is 0 Å². The molecule has 3 nitrogen and oxygen atoms in total. The fourth-order valence-corrected chi connectivity index (χ4v) is 1.15. The maximum Gasteiger partial charge on any atom is 0.219 e. The van der Waals surface area contributed by atoms with Crippen LogP contribution >= 0.6 is 0 Å². The SMILES string of the molecule is CC(=O)N1CC[N]C(C)C1. The summed E-state index contributed by atoms with van der Waals surface area (Å²) in [5.41, 5.74) is 0. The van der Waals surface area contributed by atoms with Gasteiger partial charge < -0.3 is 4.90 Å². The standard InChI is InChI=1S/C7H13N2O/c1-6-5-9(7(2)10)4-3-8-6/h6H,3-5H2,1-2H3. The van der Waals surface area contributed by atoms with Gasteiger partial charge in [-0.25, -0.2) is 5.32 Å². The van der Waals surface area contributed by atoms with Gasteiger partial charge in [0.25, 0.3) is 0 Å². The molecule has 0 aromatic rings. The van der Waals surface area contributed by atoms with E-state index < -0.39 is 0 Å². The molecule has 1 radical (unpaired) electrons. The van der Waals surface area contributed by atoms with Gasteiger partial charge in [0.1, 0.15) is 0 Å². The average molecular weight is 141 g/mol. The molecule has 0 aromatic carbocycles. The van der Waals surface area contributed by atoms with Gasteiger partial charge in [-0.2, -0.15) is 0 Å². The second-order valence-corrected chi connectivity index (χ2v) is 2.72. The second-order valence-electron chi connectivity index (χ2n) is 2.72. The highest BCUT2D eigenvalue weighted by molar-refractivity contribution is 5.73. The highest BCUT2D eigenvalue weighted by Gasteiger charge is 2.17. The Kier molecular flexibility index (Phi) is 2.27. The van der Waals surface area contributed by atoms with Crippen molar-refractivity contribution in [3.8, 4) is 0 Å². The minimum absolute atomic E-state index is 0.168. The smallest absolute Gasteiger partial charge is 0.219 e. The number of nitrogens with zero attached hydrogens (tertiary/aromatic N) is 2. The van der Waals surface area contributed by atoms with E-state index in [0.29, 0.717) is 6.04 Å². The predicted molar refractivity (Wildman–Crippen MR) is 38.7 cm³/mol. The van der Waals surface area contributed by atoms with E-state index in [1.54, 1.807) is 6.92 Å². The summed E-state index contributed by atoms with van der Waals surface area (Å²) in [5, 5.41) is 4.27. The molecule has 3 heteroatoms. The molecule has 1 amide bonds. The van der Waals surface area contributed by atoms with Crippen molar-refractivity contribution in [3.63, 3.8) is 0 Å². The average Bonchev–Trinajstić information content (AvgIpc) is 1.88. The third-order valence-corrected chi connectivity index (χ3v) is 1.74. The first-order chi connectivity index (χ1) is 4.70. The maximum atomic E-state index is 10.8. The molecule has 1 fully saturated rings. The largest absolute Gasteiger partial charge is 0.340 e. The lowest BCUT2D eigenvalue weighted by Gasteiger charge is -2.29. The van der Waals surface area contributed by atoms with Crippen molar-refractivity contribution < 1.29 is 4.79 Å². The fourth-order valence-electron chi connectivity index (χ4n) is 1.15. The highest BCUT2D eigenvalue weighted by atomic mass is 16.2. The van der Waals surface area contributed by atoms with Crippen molar-refractivity contribution >= 4 is 5.91 Å². The van der Waals surface area contributed by atoms with Gasteiger partial charge in [-0.3, -0.25) is 4.79 Å². The van der Waals surface area contributed by atoms with Crippen LogP contribution in [0.3, 0.4) is 0 Å². The predicted octanol–water partition coefficient (Wildman–Crippen LogP) is -0.159. The number of hydrogen-bond acceptors (Lipinski definition) is 1. The van der Waals surface area contributed by atoms with E-state index in [9.17, 15) is 4.79 Å². The Bertz CT molecular complexity index is 136. The molecule has 0 aromatic heterocycles. The summed E-state index contributed by atoms with van der Waals surface area (Å²) in [6.07, 6.45) is 0. The fraction of sp³-hybridized carbons (Fsp3) is 0.857. The lowest BCUT2D eigenvalue weighted by Crippen LogP contribution is -2.47. The quantitative estimate of drug-likeness (QED) is 0.461. The number of carbonyl (C=O) groups is 1. The van der Waals surface area contributed by atoms with Crippen molar-refractivity contribution in [2.24, 2.45) is 0 Å². The van der Waals surface area contributed by atoms with Gasteiger partial charge in [-0.15, -0.1) is 0 Å². The second kappa shape index (κ2) is 3.01. The zero-order valence-corrected chi connectivity index (χ0v) is 6.50. The van der Waals surface area contributed by atoms with Gasteiger partial charge in [0, 0.05) is 32.6 Å². The third kappa shape index (κ3) is 1.70. The Morgan fingerprint density at radius 3 is 2.80 bits per heavy atom. The first kappa shape index (κ1) is 7.54. The monoisotopic (exact) mass is 141 g/mol. The van der Waals surface area contributed by atoms with E-state index in [1.807, 2.05) is 11.8 Å². The highest BCUT2D eigenvalue weighted by Crippen LogP contribution is 1.99. The normalized spacial score (nSPS) is 26.6. The summed E-state index contributed by atoms with van der Waals surface area (Å²) < 4.78 is 0. The molecule has 0 spiro atoms. The lowest BCUT2D eigenvalue weighted by molar-refractivity contribution is -0.129. The molecule has 10 heavy (non-hydrogen) atoms. The minimum Gasteiger partial charge on any atom is -0.340 e.